The number of fused-ring (bicyclic) bond motifs is 1. The van der Waals surface area contributed by atoms with Crippen molar-refractivity contribution >= 4 is 5.82 Å². The maximum absolute atomic E-state index is 9.79. The van der Waals surface area contributed by atoms with Gasteiger partial charge in [-0.2, -0.15) is 5.26 Å². The maximum atomic E-state index is 9.79. The number of aromatic amines is 1. The summed E-state index contributed by atoms with van der Waals surface area (Å²) in [5.41, 5.74) is 5.07. The predicted molar refractivity (Wildman–Crippen MR) is 98.3 cm³/mol. The summed E-state index contributed by atoms with van der Waals surface area (Å²) < 4.78 is 5.92. The van der Waals surface area contributed by atoms with Crippen molar-refractivity contribution in [2.75, 3.05) is 5.32 Å². The van der Waals surface area contributed by atoms with E-state index in [2.05, 4.69) is 68.3 Å². The standard InChI is InChI=1S/C21H25N3O/c1-14(10-16-8-6-5-7-9-16)23-20-18(12-22)17-11-21(3,4)25-13-19(17)15(2)24-20/h5-9,14H,10-11,13H2,1-4H3,(H,23,24)/p+1/t14-/m0/s1. The minimum Gasteiger partial charge on any atom is -0.370 e. The fourth-order valence-electron chi connectivity index (χ4n) is 3.49. The van der Waals surface area contributed by atoms with Gasteiger partial charge in [0.15, 0.2) is 0 Å². The molecule has 1 atom stereocenters. The normalized spacial score (nSPS) is 16.6. The number of nitriles is 1. The van der Waals surface area contributed by atoms with Crippen LogP contribution in [0, 0.1) is 18.3 Å². The zero-order chi connectivity index (χ0) is 18.0. The molecule has 0 fully saturated rings. The number of rotatable bonds is 4. The molecule has 2 N–H and O–H groups in total. The van der Waals surface area contributed by atoms with Crippen molar-refractivity contribution in [2.24, 2.45) is 0 Å². The van der Waals surface area contributed by atoms with Crippen molar-refractivity contribution in [3.63, 3.8) is 0 Å². The van der Waals surface area contributed by atoms with Gasteiger partial charge in [0.05, 0.1) is 18.2 Å². The van der Waals surface area contributed by atoms with E-state index in [0.717, 1.165) is 41.0 Å². The van der Waals surface area contributed by atoms with Crippen LogP contribution in [0.2, 0.25) is 0 Å². The molecule has 2 heterocycles. The van der Waals surface area contributed by atoms with Crippen molar-refractivity contribution in [3.8, 4) is 6.07 Å². The van der Waals surface area contributed by atoms with Gasteiger partial charge in [0.1, 0.15) is 17.3 Å². The molecule has 4 heteroatoms. The van der Waals surface area contributed by atoms with Gasteiger partial charge in [0, 0.05) is 18.4 Å². The molecule has 1 aliphatic heterocycles. The fraction of sp³-hybridized carbons (Fsp3) is 0.429. The molecular weight excluding hydrogens is 310 g/mol. The Morgan fingerprint density at radius 1 is 1.28 bits per heavy atom. The van der Waals surface area contributed by atoms with Crippen LogP contribution in [0.5, 0.6) is 0 Å². The number of aryl methyl sites for hydroxylation is 1. The fourth-order valence-corrected chi connectivity index (χ4v) is 3.49. The first kappa shape index (κ1) is 17.4. The summed E-state index contributed by atoms with van der Waals surface area (Å²) in [6, 6.07) is 13.0. The van der Waals surface area contributed by atoms with Gasteiger partial charge in [-0.25, -0.2) is 4.98 Å². The number of ether oxygens (including phenoxy) is 1. The third-order valence-corrected chi connectivity index (χ3v) is 4.78. The van der Waals surface area contributed by atoms with Crippen molar-refractivity contribution in [3.05, 3.63) is 58.3 Å². The van der Waals surface area contributed by atoms with Crippen molar-refractivity contribution < 1.29 is 9.72 Å². The van der Waals surface area contributed by atoms with E-state index in [1.54, 1.807) is 0 Å². The van der Waals surface area contributed by atoms with Gasteiger partial charge in [-0.3, -0.25) is 5.32 Å². The van der Waals surface area contributed by atoms with Crippen molar-refractivity contribution in [1.29, 1.82) is 5.26 Å². The van der Waals surface area contributed by atoms with E-state index in [0.29, 0.717) is 6.61 Å². The number of benzene rings is 1. The third kappa shape index (κ3) is 3.83. The molecule has 25 heavy (non-hydrogen) atoms. The summed E-state index contributed by atoms with van der Waals surface area (Å²) >= 11 is 0. The van der Waals surface area contributed by atoms with E-state index in [9.17, 15) is 5.26 Å². The number of anilines is 1. The van der Waals surface area contributed by atoms with Crippen LogP contribution in [0.3, 0.4) is 0 Å². The summed E-state index contributed by atoms with van der Waals surface area (Å²) in [6.45, 7) is 8.90. The summed E-state index contributed by atoms with van der Waals surface area (Å²) in [5, 5.41) is 13.3. The Balaban J connectivity index is 1.89. The lowest BCUT2D eigenvalue weighted by Crippen LogP contribution is -2.36. The van der Waals surface area contributed by atoms with Crippen molar-refractivity contribution in [2.45, 2.75) is 58.8 Å². The molecule has 0 unspecified atom stereocenters. The SMILES string of the molecule is Cc1[nH+]c(N[C@@H](C)Cc2ccccc2)c(C#N)c2c1COC(C)(C)C2. The molecule has 2 aromatic rings. The predicted octanol–water partition coefficient (Wildman–Crippen LogP) is 3.58. The highest BCUT2D eigenvalue weighted by Crippen LogP contribution is 2.32. The van der Waals surface area contributed by atoms with E-state index in [1.165, 1.54) is 5.56 Å². The first-order valence-electron chi connectivity index (χ1n) is 8.82. The van der Waals surface area contributed by atoms with Crippen LogP contribution in [0.1, 0.15) is 48.7 Å². The number of pyridine rings is 1. The molecule has 0 radical (unpaired) electrons. The number of hydrogen-bond donors (Lipinski definition) is 1. The second kappa shape index (κ2) is 6.85. The molecule has 0 saturated heterocycles. The van der Waals surface area contributed by atoms with E-state index in [-0.39, 0.29) is 11.6 Å². The highest BCUT2D eigenvalue weighted by molar-refractivity contribution is 5.57. The molecule has 0 spiro atoms. The van der Waals surface area contributed by atoms with Gasteiger partial charge in [0.2, 0.25) is 0 Å². The average Bonchev–Trinajstić information content (AvgIpc) is 2.55. The second-order valence-electron chi connectivity index (χ2n) is 7.53. The molecular formula is C21H26N3O+. The third-order valence-electron chi connectivity index (χ3n) is 4.78. The lowest BCUT2D eigenvalue weighted by molar-refractivity contribution is -0.373. The van der Waals surface area contributed by atoms with Gasteiger partial charge in [-0.05, 0) is 38.8 Å². The first-order chi connectivity index (χ1) is 11.9. The van der Waals surface area contributed by atoms with Crippen LogP contribution in [0.25, 0.3) is 0 Å². The summed E-state index contributed by atoms with van der Waals surface area (Å²) in [5.74, 6) is 0.819. The van der Waals surface area contributed by atoms with Crippen LogP contribution >= 0.6 is 0 Å². The first-order valence-corrected chi connectivity index (χ1v) is 8.82. The molecule has 3 rings (SSSR count). The monoisotopic (exact) mass is 336 g/mol. The highest BCUT2D eigenvalue weighted by atomic mass is 16.5. The molecule has 1 aromatic heterocycles. The van der Waals surface area contributed by atoms with E-state index in [4.69, 9.17) is 4.74 Å². The minimum atomic E-state index is -0.237. The lowest BCUT2D eigenvalue weighted by atomic mass is 9.88. The Morgan fingerprint density at radius 2 is 2.00 bits per heavy atom. The van der Waals surface area contributed by atoms with Crippen LogP contribution in [0.4, 0.5) is 5.82 Å². The number of nitrogens with zero attached hydrogens (tertiary/aromatic N) is 1. The van der Waals surface area contributed by atoms with Gasteiger partial charge in [-0.15, -0.1) is 0 Å². The molecule has 0 amide bonds. The molecule has 0 bridgehead atoms. The lowest BCUT2D eigenvalue weighted by Gasteiger charge is -2.32. The van der Waals surface area contributed by atoms with E-state index >= 15 is 0 Å². The summed E-state index contributed by atoms with van der Waals surface area (Å²) in [7, 11) is 0. The number of nitrogens with one attached hydrogen (secondary N) is 2. The van der Waals surface area contributed by atoms with Crippen molar-refractivity contribution in [1.82, 2.24) is 0 Å². The maximum Gasteiger partial charge on any atom is 0.291 e. The smallest absolute Gasteiger partial charge is 0.291 e. The molecule has 130 valence electrons. The summed E-state index contributed by atoms with van der Waals surface area (Å²) in [4.78, 5) is 3.39. The second-order valence-corrected chi connectivity index (χ2v) is 7.53. The topological polar surface area (TPSA) is 59.2 Å². The van der Waals surface area contributed by atoms with Crippen LogP contribution < -0.4 is 10.3 Å². The number of hydrogen-bond acceptors (Lipinski definition) is 3. The molecule has 0 aliphatic carbocycles. The van der Waals surface area contributed by atoms with E-state index < -0.39 is 0 Å². The van der Waals surface area contributed by atoms with Crippen LogP contribution in [0.15, 0.2) is 30.3 Å². The van der Waals surface area contributed by atoms with Crippen LogP contribution in [-0.2, 0) is 24.2 Å². The molecule has 4 nitrogen and oxygen atoms in total. The quantitative estimate of drug-likeness (QED) is 0.928. The van der Waals surface area contributed by atoms with Crippen LogP contribution in [-0.4, -0.2) is 11.6 Å². The number of aromatic nitrogens is 1. The Labute approximate surface area is 149 Å². The Hall–Kier alpha value is -2.38. The molecule has 1 aliphatic rings. The Kier molecular flexibility index (Phi) is 4.78. The Bertz CT molecular complexity index is 806. The van der Waals surface area contributed by atoms with Gasteiger partial charge in [0.25, 0.3) is 5.82 Å². The largest absolute Gasteiger partial charge is 0.370 e. The number of H-pyrrole nitrogens is 1. The highest BCUT2D eigenvalue weighted by Gasteiger charge is 2.33. The minimum absolute atomic E-state index is 0.219. The average molecular weight is 336 g/mol. The molecule has 1 aromatic carbocycles. The van der Waals surface area contributed by atoms with E-state index in [1.807, 2.05) is 6.07 Å². The zero-order valence-electron chi connectivity index (χ0n) is 15.4. The van der Waals surface area contributed by atoms with Gasteiger partial charge >= 0.3 is 0 Å². The Morgan fingerprint density at radius 3 is 2.68 bits per heavy atom. The summed E-state index contributed by atoms with van der Waals surface area (Å²) in [6.07, 6.45) is 1.66. The van der Waals surface area contributed by atoms with Gasteiger partial charge in [-0.1, -0.05) is 30.3 Å². The molecule has 0 saturated carbocycles. The zero-order valence-corrected chi connectivity index (χ0v) is 15.4. The van der Waals surface area contributed by atoms with Gasteiger partial charge < -0.3 is 4.74 Å².